The van der Waals surface area contributed by atoms with Gasteiger partial charge in [-0.15, -0.1) is 0 Å². The lowest BCUT2D eigenvalue weighted by Gasteiger charge is -2.30. The molecule has 0 bridgehead atoms. The van der Waals surface area contributed by atoms with E-state index >= 15 is 0 Å². The summed E-state index contributed by atoms with van der Waals surface area (Å²) in [5.74, 6) is 2.62. The number of nitrogens with zero attached hydrogens (tertiary/aromatic N) is 2. The number of ether oxygens (including phenoxy) is 2. The van der Waals surface area contributed by atoms with Crippen LogP contribution in [0.3, 0.4) is 0 Å². The van der Waals surface area contributed by atoms with Gasteiger partial charge in [0.15, 0.2) is 23.0 Å². The first-order valence-electron chi connectivity index (χ1n) is 19.2. The zero-order chi connectivity index (χ0) is 38.3. The van der Waals surface area contributed by atoms with Gasteiger partial charge in [0.25, 0.3) is 0 Å². The van der Waals surface area contributed by atoms with Gasteiger partial charge < -0.3 is 19.3 Å². The first kappa shape index (κ1) is 34.0. The summed E-state index contributed by atoms with van der Waals surface area (Å²) in [5, 5.41) is 7.11. The molecular weight excluding hydrogens is 697 g/mol. The zero-order valence-electron chi connectivity index (χ0n) is 31.5. The Hall–Kier alpha value is -7.56. The van der Waals surface area contributed by atoms with E-state index in [9.17, 15) is 0 Å². The van der Waals surface area contributed by atoms with E-state index in [1.54, 1.807) is 0 Å². The van der Waals surface area contributed by atoms with Crippen LogP contribution in [0.15, 0.2) is 201 Å². The molecule has 0 N–H and O–H groups in total. The fourth-order valence-corrected chi connectivity index (χ4v) is 8.15. The molecule has 272 valence electrons. The van der Waals surface area contributed by atoms with Gasteiger partial charge in [0, 0.05) is 34.3 Å². The number of benzene rings is 9. The Balaban J connectivity index is 1.06. The molecule has 1 aliphatic heterocycles. The Bertz CT molecular complexity index is 3010. The second-order valence-corrected chi connectivity index (χ2v) is 14.2. The number of para-hydroxylation sites is 2. The van der Waals surface area contributed by atoms with Crippen molar-refractivity contribution in [2.75, 3.05) is 9.80 Å². The van der Waals surface area contributed by atoms with Crippen molar-refractivity contribution in [1.82, 2.24) is 0 Å². The second-order valence-electron chi connectivity index (χ2n) is 14.2. The molecule has 0 saturated carbocycles. The maximum Gasteiger partial charge on any atom is 0.172 e. The van der Waals surface area contributed by atoms with Crippen LogP contribution in [0.4, 0.5) is 34.1 Å². The maximum absolute atomic E-state index is 6.70. The van der Waals surface area contributed by atoms with Crippen LogP contribution >= 0.6 is 0 Å². The smallest absolute Gasteiger partial charge is 0.172 e. The Labute approximate surface area is 332 Å². The van der Waals surface area contributed by atoms with Crippen LogP contribution in [0.5, 0.6) is 23.0 Å². The van der Waals surface area contributed by atoms with Gasteiger partial charge in [0.1, 0.15) is 0 Å². The molecule has 4 heteroatoms. The van der Waals surface area contributed by atoms with Crippen molar-refractivity contribution >= 4 is 72.5 Å². The van der Waals surface area contributed by atoms with E-state index in [0.717, 1.165) is 39.5 Å². The Morgan fingerprint density at radius 3 is 1.47 bits per heavy atom. The van der Waals surface area contributed by atoms with Gasteiger partial charge in [0.05, 0.1) is 22.7 Å². The Morgan fingerprint density at radius 2 is 0.895 bits per heavy atom. The van der Waals surface area contributed by atoms with E-state index in [2.05, 4.69) is 193 Å². The van der Waals surface area contributed by atoms with Crippen molar-refractivity contribution in [1.29, 1.82) is 0 Å². The molecule has 57 heavy (non-hydrogen) atoms. The summed E-state index contributed by atoms with van der Waals surface area (Å²) in [7, 11) is 0. The van der Waals surface area contributed by atoms with Crippen molar-refractivity contribution in [3.8, 4) is 23.0 Å². The summed E-state index contributed by atoms with van der Waals surface area (Å²) in [4.78, 5) is 4.60. The summed E-state index contributed by atoms with van der Waals surface area (Å²) >= 11 is 0. The van der Waals surface area contributed by atoms with Crippen LogP contribution in [-0.2, 0) is 0 Å². The average Bonchev–Trinajstić information content (AvgIpc) is 3.26. The molecular formula is C53H38N2O2. The monoisotopic (exact) mass is 734 g/mol. The fraction of sp³-hybridized carbons (Fsp3) is 0.0189. The van der Waals surface area contributed by atoms with Crippen molar-refractivity contribution in [3.63, 3.8) is 0 Å². The minimum absolute atomic E-state index is 0.653. The molecule has 0 aromatic heterocycles. The van der Waals surface area contributed by atoms with Gasteiger partial charge in [-0.25, -0.2) is 0 Å². The summed E-state index contributed by atoms with van der Waals surface area (Å²) in [5.41, 5.74) is 8.54. The Kier molecular flexibility index (Phi) is 8.50. The molecule has 1 aliphatic rings. The lowest BCUT2D eigenvalue weighted by molar-refractivity contribution is 0.360. The van der Waals surface area contributed by atoms with Gasteiger partial charge in [-0.1, -0.05) is 134 Å². The third kappa shape index (κ3) is 6.05. The summed E-state index contributed by atoms with van der Waals surface area (Å²) < 4.78 is 13.4. The lowest BCUT2D eigenvalue weighted by Crippen LogP contribution is -2.12. The molecule has 10 rings (SSSR count). The minimum atomic E-state index is 0.653. The highest BCUT2D eigenvalue weighted by Crippen LogP contribution is 2.51. The van der Waals surface area contributed by atoms with E-state index in [1.165, 1.54) is 38.1 Å². The first-order chi connectivity index (χ1) is 28.1. The molecule has 4 nitrogen and oxygen atoms in total. The molecule has 0 atom stereocenters. The van der Waals surface area contributed by atoms with Crippen LogP contribution in [-0.4, -0.2) is 0 Å². The van der Waals surface area contributed by atoms with Gasteiger partial charge in [-0.2, -0.15) is 0 Å². The molecule has 9 aromatic rings. The number of aryl methyl sites for hydroxylation is 1. The normalized spacial score (nSPS) is 11.9. The van der Waals surface area contributed by atoms with Crippen molar-refractivity contribution < 1.29 is 9.47 Å². The number of hydrogen-bond donors (Lipinski definition) is 0. The largest absolute Gasteiger partial charge is 0.449 e. The van der Waals surface area contributed by atoms with E-state index in [1.807, 2.05) is 30.4 Å². The third-order valence-corrected chi connectivity index (χ3v) is 10.7. The van der Waals surface area contributed by atoms with Gasteiger partial charge >= 0.3 is 0 Å². The zero-order valence-corrected chi connectivity index (χ0v) is 31.5. The highest BCUT2D eigenvalue weighted by atomic mass is 16.6. The predicted octanol–water partition coefficient (Wildman–Crippen LogP) is 15.5. The number of anilines is 6. The first-order valence-corrected chi connectivity index (χ1v) is 19.2. The summed E-state index contributed by atoms with van der Waals surface area (Å²) in [6.07, 6.45) is 5.95. The third-order valence-electron chi connectivity index (χ3n) is 10.7. The van der Waals surface area contributed by atoms with Crippen molar-refractivity contribution in [2.45, 2.75) is 6.92 Å². The van der Waals surface area contributed by atoms with Crippen LogP contribution in [0.1, 0.15) is 11.1 Å². The maximum atomic E-state index is 6.70. The lowest BCUT2D eigenvalue weighted by atomic mass is 9.96. The van der Waals surface area contributed by atoms with E-state index in [-0.39, 0.29) is 0 Å². The molecule has 0 unspecified atom stereocenters. The predicted molar refractivity (Wildman–Crippen MR) is 239 cm³/mol. The molecule has 0 radical (unpaired) electrons. The molecule has 0 fully saturated rings. The SMILES string of the molecule is C=C/C=C\c1c(C)cc(N(c2ccccc2)c2ccc3c(c2)Oc2ccc(N(c4ccccc4)c4cc5ccccc5c5ccccc45)cc2O3)c2ccccc12. The second kappa shape index (κ2) is 14.3. The van der Waals surface area contributed by atoms with Gasteiger partial charge in [-0.05, 0) is 100 Å². The van der Waals surface area contributed by atoms with Gasteiger partial charge in [0.2, 0.25) is 0 Å². The van der Waals surface area contributed by atoms with Crippen LogP contribution in [0, 0.1) is 6.92 Å². The van der Waals surface area contributed by atoms with E-state index in [0.29, 0.717) is 23.0 Å². The molecule has 0 spiro atoms. The van der Waals surface area contributed by atoms with E-state index < -0.39 is 0 Å². The van der Waals surface area contributed by atoms with Crippen molar-refractivity contribution in [3.05, 3.63) is 212 Å². The molecule has 9 aromatic carbocycles. The average molecular weight is 735 g/mol. The van der Waals surface area contributed by atoms with Crippen LogP contribution < -0.4 is 19.3 Å². The van der Waals surface area contributed by atoms with Gasteiger partial charge in [-0.3, -0.25) is 0 Å². The molecule has 0 aliphatic carbocycles. The molecule has 0 amide bonds. The number of hydrogen-bond acceptors (Lipinski definition) is 4. The topological polar surface area (TPSA) is 24.9 Å². The molecule has 0 saturated heterocycles. The fourth-order valence-electron chi connectivity index (χ4n) is 8.15. The summed E-state index contributed by atoms with van der Waals surface area (Å²) in [6.45, 7) is 6.06. The quantitative estimate of drug-likeness (QED) is 0.115. The highest BCUT2D eigenvalue weighted by Gasteiger charge is 2.25. The Morgan fingerprint density at radius 1 is 0.421 bits per heavy atom. The highest BCUT2D eigenvalue weighted by molar-refractivity contribution is 6.14. The minimum Gasteiger partial charge on any atom is -0.449 e. The van der Waals surface area contributed by atoms with Crippen LogP contribution in [0.2, 0.25) is 0 Å². The number of fused-ring (bicyclic) bond motifs is 6. The number of allylic oxidation sites excluding steroid dienone is 2. The standard InChI is InChI=1S/C53H38N2O2/c1-3-4-22-42-36(2)32-48(46-26-15-13-24-44(42)46)54(38-18-7-5-8-19-38)40-28-30-50-52(34-40)56-51-31-29-41(35-53(51)57-50)55(39-20-9-6-10-21-39)49-33-37-17-11-12-23-43(37)45-25-14-16-27-47(45)49/h3-35H,1H2,2H3/b22-4-. The molecule has 1 heterocycles. The number of rotatable bonds is 8. The van der Waals surface area contributed by atoms with Crippen LogP contribution in [0.25, 0.3) is 38.4 Å². The summed E-state index contributed by atoms with van der Waals surface area (Å²) in [6, 6.07) is 63.7. The van der Waals surface area contributed by atoms with Crippen molar-refractivity contribution in [2.24, 2.45) is 0 Å². The van der Waals surface area contributed by atoms with E-state index in [4.69, 9.17) is 9.47 Å².